The zero-order valence-electron chi connectivity index (χ0n) is 19.9. The Labute approximate surface area is 216 Å². The fourth-order valence-corrected chi connectivity index (χ4v) is 6.61. The van der Waals surface area contributed by atoms with Gasteiger partial charge in [-0.05, 0) is 53.8 Å². The number of benzene rings is 4. The molecule has 0 amide bonds. The second-order valence-corrected chi connectivity index (χ2v) is 10.8. The van der Waals surface area contributed by atoms with Crippen LogP contribution in [0.3, 0.4) is 0 Å². The minimum Gasteiger partial charge on any atom is -0.504 e. The first kappa shape index (κ1) is 21.8. The van der Waals surface area contributed by atoms with Crippen LogP contribution in [0.5, 0.6) is 23.0 Å². The van der Waals surface area contributed by atoms with Gasteiger partial charge in [-0.15, -0.1) is 11.3 Å². The van der Waals surface area contributed by atoms with Gasteiger partial charge in [-0.1, -0.05) is 55.5 Å². The third kappa shape index (κ3) is 3.02. The third-order valence-electron chi connectivity index (χ3n) is 7.36. The van der Waals surface area contributed by atoms with Gasteiger partial charge in [-0.2, -0.15) is 0 Å². The molecule has 1 aliphatic carbocycles. The standard InChI is InChI=1S/C31H23NO4S/c1-16-7-10-19(11-8-16)32-21-12-14-23-24(25(21)26-27(32)29(34)31(36)30(35)28(26)33)20-15-18(9-13-22(20)37-23)17-5-3-2-4-6-17/h2-7,9-16,33-36H,8H2,1H3. The number of hydrogen-bond acceptors (Lipinski definition) is 5. The van der Waals surface area contributed by atoms with Crippen LogP contribution < -0.4 is 0 Å². The smallest absolute Gasteiger partial charge is 0.206 e. The number of phenolic OH excluding ortho intramolecular Hbond substituents is 4. The molecule has 7 rings (SSSR count). The zero-order valence-corrected chi connectivity index (χ0v) is 20.8. The van der Waals surface area contributed by atoms with Crippen LogP contribution in [0, 0.1) is 5.92 Å². The maximum absolute atomic E-state index is 11.1. The Balaban J connectivity index is 1.69. The average molecular weight is 506 g/mol. The number of nitrogens with zero attached hydrogens (tertiary/aromatic N) is 1. The number of fused-ring (bicyclic) bond motifs is 7. The number of rotatable bonds is 2. The van der Waals surface area contributed by atoms with Gasteiger partial charge in [0.25, 0.3) is 0 Å². The monoisotopic (exact) mass is 505 g/mol. The van der Waals surface area contributed by atoms with E-state index in [4.69, 9.17) is 0 Å². The highest BCUT2D eigenvalue weighted by Gasteiger charge is 2.28. The molecule has 0 aliphatic heterocycles. The van der Waals surface area contributed by atoms with Crippen molar-refractivity contribution in [3.05, 3.63) is 78.9 Å². The Morgan fingerprint density at radius 2 is 1.51 bits per heavy atom. The van der Waals surface area contributed by atoms with E-state index >= 15 is 0 Å². The third-order valence-corrected chi connectivity index (χ3v) is 8.49. The summed E-state index contributed by atoms with van der Waals surface area (Å²) < 4.78 is 3.99. The van der Waals surface area contributed by atoms with Crippen LogP contribution in [0.25, 0.3) is 58.8 Å². The molecule has 0 radical (unpaired) electrons. The first-order chi connectivity index (χ1) is 17.9. The number of hydrogen-bond donors (Lipinski definition) is 4. The molecule has 0 saturated carbocycles. The largest absolute Gasteiger partial charge is 0.504 e. The van der Waals surface area contributed by atoms with E-state index in [1.54, 1.807) is 11.3 Å². The Hall–Kier alpha value is -4.42. The van der Waals surface area contributed by atoms with Gasteiger partial charge in [0.15, 0.2) is 11.5 Å². The summed E-state index contributed by atoms with van der Waals surface area (Å²) in [6, 6.07) is 20.6. The molecule has 1 aliphatic rings. The predicted octanol–water partition coefficient (Wildman–Crippen LogP) is 8.09. The van der Waals surface area contributed by atoms with Crippen LogP contribution in [-0.2, 0) is 0 Å². The lowest BCUT2D eigenvalue weighted by atomic mass is 10.00. The van der Waals surface area contributed by atoms with Crippen molar-refractivity contribution >= 4 is 59.0 Å². The van der Waals surface area contributed by atoms with Crippen LogP contribution >= 0.6 is 11.3 Å². The maximum Gasteiger partial charge on any atom is 0.206 e. The van der Waals surface area contributed by atoms with Gasteiger partial charge in [0.05, 0.1) is 10.9 Å². The van der Waals surface area contributed by atoms with Crippen molar-refractivity contribution in [1.29, 1.82) is 0 Å². The minimum absolute atomic E-state index is 0.263. The van der Waals surface area contributed by atoms with Crippen molar-refractivity contribution in [2.45, 2.75) is 13.3 Å². The van der Waals surface area contributed by atoms with Crippen molar-refractivity contribution in [1.82, 2.24) is 4.57 Å². The molecule has 5 nitrogen and oxygen atoms in total. The van der Waals surface area contributed by atoms with E-state index in [9.17, 15) is 20.4 Å². The molecule has 4 N–H and O–H groups in total. The fourth-order valence-electron chi connectivity index (χ4n) is 5.52. The summed E-state index contributed by atoms with van der Waals surface area (Å²) in [5.41, 5.74) is 4.05. The second-order valence-electron chi connectivity index (χ2n) is 9.67. The molecule has 0 saturated heterocycles. The highest BCUT2D eigenvalue weighted by atomic mass is 32.1. The number of allylic oxidation sites excluding steroid dienone is 4. The van der Waals surface area contributed by atoms with Crippen LogP contribution in [0.2, 0.25) is 0 Å². The molecule has 6 aromatic rings. The molecule has 4 aromatic carbocycles. The van der Waals surface area contributed by atoms with Crippen LogP contribution in [-0.4, -0.2) is 25.0 Å². The zero-order chi connectivity index (χ0) is 25.4. The van der Waals surface area contributed by atoms with Crippen LogP contribution in [0.15, 0.2) is 78.9 Å². The molecule has 37 heavy (non-hydrogen) atoms. The van der Waals surface area contributed by atoms with E-state index < -0.39 is 23.0 Å². The lowest BCUT2D eigenvalue weighted by Gasteiger charge is -2.16. The molecular weight excluding hydrogens is 482 g/mol. The number of aromatic nitrogens is 1. The summed E-state index contributed by atoms with van der Waals surface area (Å²) in [5, 5.41) is 46.2. The first-order valence-corrected chi connectivity index (χ1v) is 13.0. The van der Waals surface area contributed by atoms with Crippen molar-refractivity contribution in [3.63, 3.8) is 0 Å². The number of aromatic hydroxyl groups is 4. The van der Waals surface area contributed by atoms with Gasteiger partial charge < -0.3 is 25.0 Å². The van der Waals surface area contributed by atoms with E-state index in [-0.39, 0.29) is 5.52 Å². The minimum atomic E-state index is -0.736. The second kappa shape index (κ2) is 7.79. The summed E-state index contributed by atoms with van der Waals surface area (Å²) in [4.78, 5) is 0. The molecule has 182 valence electrons. The van der Waals surface area contributed by atoms with E-state index in [1.807, 2.05) is 34.9 Å². The summed E-state index contributed by atoms with van der Waals surface area (Å²) in [6.07, 6.45) is 7.02. The molecule has 2 aromatic heterocycles. The average Bonchev–Trinajstić information content (AvgIpc) is 3.47. The highest BCUT2D eigenvalue weighted by molar-refractivity contribution is 7.26. The first-order valence-electron chi connectivity index (χ1n) is 12.2. The summed E-state index contributed by atoms with van der Waals surface area (Å²) in [5.74, 6) is -1.99. The molecular formula is C31H23NO4S. The SMILES string of the molecule is CC1C=CC(n2c3ccc4sc5ccc(-c6ccccc6)cc5c4c3c3c(O)c(O)c(O)c(O)c32)=CC1. The Kier molecular flexibility index (Phi) is 4.59. The van der Waals surface area contributed by atoms with Crippen molar-refractivity contribution in [2.75, 3.05) is 0 Å². The Morgan fingerprint density at radius 3 is 2.27 bits per heavy atom. The van der Waals surface area contributed by atoms with Gasteiger partial charge in [0.1, 0.15) is 5.52 Å². The topological polar surface area (TPSA) is 85.9 Å². The van der Waals surface area contributed by atoms with Gasteiger partial charge in [-0.25, -0.2) is 0 Å². The summed E-state index contributed by atoms with van der Waals surface area (Å²) in [7, 11) is 0. The quantitative estimate of drug-likeness (QED) is 0.141. The predicted molar refractivity (Wildman–Crippen MR) is 152 cm³/mol. The maximum atomic E-state index is 11.1. The molecule has 2 heterocycles. The van der Waals surface area contributed by atoms with E-state index in [2.05, 4.69) is 55.5 Å². The summed E-state index contributed by atoms with van der Waals surface area (Å²) in [6.45, 7) is 2.13. The Morgan fingerprint density at radius 1 is 0.757 bits per heavy atom. The van der Waals surface area contributed by atoms with Gasteiger partial charge >= 0.3 is 0 Å². The lowest BCUT2D eigenvalue weighted by Crippen LogP contribution is -2.01. The van der Waals surface area contributed by atoms with Crippen LogP contribution in [0.1, 0.15) is 13.3 Å². The fraction of sp³-hybridized carbons (Fsp3) is 0.0968. The van der Waals surface area contributed by atoms with Crippen LogP contribution in [0.4, 0.5) is 0 Å². The molecule has 0 fully saturated rings. The van der Waals surface area contributed by atoms with E-state index in [1.165, 1.54) is 0 Å². The molecule has 1 unspecified atom stereocenters. The van der Waals surface area contributed by atoms with E-state index in [0.29, 0.717) is 11.3 Å². The van der Waals surface area contributed by atoms with Gasteiger partial charge in [-0.3, -0.25) is 0 Å². The van der Waals surface area contributed by atoms with Gasteiger partial charge in [0.2, 0.25) is 11.5 Å². The lowest BCUT2D eigenvalue weighted by molar-refractivity contribution is 0.350. The van der Waals surface area contributed by atoms with E-state index in [0.717, 1.165) is 54.3 Å². The van der Waals surface area contributed by atoms with Crippen molar-refractivity contribution in [3.8, 4) is 34.1 Å². The van der Waals surface area contributed by atoms with Crippen molar-refractivity contribution < 1.29 is 20.4 Å². The normalized spacial score (nSPS) is 15.8. The molecule has 0 spiro atoms. The molecule has 1 atom stereocenters. The highest BCUT2D eigenvalue weighted by Crippen LogP contribution is 2.55. The molecule has 0 bridgehead atoms. The Bertz CT molecular complexity index is 1960. The van der Waals surface area contributed by atoms with Gasteiger partial charge in [0, 0.05) is 31.3 Å². The number of thiophene rings is 1. The van der Waals surface area contributed by atoms with Crippen molar-refractivity contribution in [2.24, 2.45) is 5.92 Å². The summed E-state index contributed by atoms with van der Waals surface area (Å²) >= 11 is 1.66. The number of phenols is 4. The molecule has 6 heteroatoms.